The minimum Gasteiger partial charge on any atom is -0.340 e. The van der Waals surface area contributed by atoms with Gasteiger partial charge in [0, 0.05) is 18.2 Å². The summed E-state index contributed by atoms with van der Waals surface area (Å²) in [6, 6.07) is 9.88. The molecule has 29 heavy (non-hydrogen) atoms. The lowest BCUT2D eigenvalue weighted by Gasteiger charge is -2.23. The minimum atomic E-state index is -0.0531. The molecule has 0 radical (unpaired) electrons. The number of imidazole rings is 1. The highest BCUT2D eigenvalue weighted by atomic mass is 16.5. The molecule has 146 valence electrons. The van der Waals surface area contributed by atoms with Crippen molar-refractivity contribution < 1.29 is 9.32 Å². The Hall–Kier alpha value is -3.22. The average molecular weight is 387 g/mol. The number of aryl methyl sites for hydroxylation is 1. The molecule has 0 unspecified atom stereocenters. The summed E-state index contributed by atoms with van der Waals surface area (Å²) in [6.45, 7) is 2.58. The fourth-order valence-electron chi connectivity index (χ4n) is 4.45. The number of carbonyl (C=O) groups is 1. The molecule has 0 spiro atoms. The number of aromatic amines is 1. The Morgan fingerprint density at radius 2 is 2.07 bits per heavy atom. The molecule has 1 amide bonds. The lowest BCUT2D eigenvalue weighted by Crippen LogP contribution is -2.31. The lowest BCUT2D eigenvalue weighted by atomic mass is 10.1. The number of pyridine rings is 1. The van der Waals surface area contributed by atoms with Crippen molar-refractivity contribution in [2.75, 3.05) is 6.54 Å². The van der Waals surface area contributed by atoms with Crippen LogP contribution in [0, 0.1) is 6.92 Å². The van der Waals surface area contributed by atoms with E-state index in [-0.39, 0.29) is 11.9 Å². The second-order valence-electron chi connectivity index (χ2n) is 8.11. The van der Waals surface area contributed by atoms with Crippen LogP contribution in [0.2, 0.25) is 0 Å². The number of H-pyrrole nitrogens is 1. The molecule has 6 rings (SSSR count). The Labute approximate surface area is 167 Å². The van der Waals surface area contributed by atoms with Gasteiger partial charge in [0.25, 0.3) is 11.6 Å². The third kappa shape index (κ3) is 2.64. The van der Waals surface area contributed by atoms with Crippen LogP contribution in [0.15, 0.2) is 34.9 Å². The van der Waals surface area contributed by atoms with E-state index < -0.39 is 0 Å². The van der Waals surface area contributed by atoms with Crippen molar-refractivity contribution in [3.8, 4) is 0 Å². The van der Waals surface area contributed by atoms with Crippen molar-refractivity contribution in [3.05, 3.63) is 53.1 Å². The van der Waals surface area contributed by atoms with Crippen LogP contribution in [-0.4, -0.2) is 37.5 Å². The number of para-hydroxylation sites is 2. The molecule has 1 atom stereocenters. The zero-order valence-corrected chi connectivity index (χ0v) is 16.2. The van der Waals surface area contributed by atoms with Crippen molar-refractivity contribution in [2.24, 2.45) is 0 Å². The van der Waals surface area contributed by atoms with Crippen LogP contribution in [0.5, 0.6) is 0 Å². The fourth-order valence-corrected chi connectivity index (χ4v) is 4.45. The second-order valence-corrected chi connectivity index (χ2v) is 8.11. The van der Waals surface area contributed by atoms with Crippen LogP contribution in [0.25, 0.3) is 22.1 Å². The Morgan fingerprint density at radius 1 is 1.21 bits per heavy atom. The molecule has 1 saturated carbocycles. The number of likely N-dealkylation sites (tertiary alicyclic amines) is 1. The second kappa shape index (κ2) is 6.14. The third-order valence-corrected chi connectivity index (χ3v) is 6.10. The van der Waals surface area contributed by atoms with Crippen molar-refractivity contribution in [1.82, 2.24) is 25.0 Å². The van der Waals surface area contributed by atoms with Gasteiger partial charge in [-0.3, -0.25) is 4.79 Å². The molecular formula is C22H21N5O2. The van der Waals surface area contributed by atoms with Gasteiger partial charge in [-0.25, -0.2) is 9.97 Å². The highest BCUT2D eigenvalue weighted by molar-refractivity contribution is 6.06. The quantitative estimate of drug-likeness (QED) is 0.567. The van der Waals surface area contributed by atoms with E-state index in [9.17, 15) is 4.79 Å². The van der Waals surface area contributed by atoms with Gasteiger partial charge in [0.15, 0.2) is 0 Å². The molecule has 1 aliphatic heterocycles. The van der Waals surface area contributed by atoms with E-state index in [1.54, 1.807) is 0 Å². The SMILES string of the molecule is Cc1noc2nc(C3CC3)cc(C(=O)N3CCC[C@@H]3c3nc4ccccc4[nH]3)c12. The first-order chi connectivity index (χ1) is 14.2. The highest BCUT2D eigenvalue weighted by Gasteiger charge is 2.35. The number of amides is 1. The molecule has 4 heterocycles. The van der Waals surface area contributed by atoms with E-state index in [2.05, 4.69) is 15.1 Å². The minimum absolute atomic E-state index is 0.00792. The van der Waals surface area contributed by atoms with Crippen molar-refractivity contribution >= 4 is 28.0 Å². The maximum atomic E-state index is 13.7. The number of nitrogens with one attached hydrogen (secondary N) is 1. The standard InChI is InChI=1S/C22H21N5O2/c1-12-19-14(11-17(13-8-9-13)25-21(19)29-26-12)22(28)27-10-4-7-18(27)20-23-15-5-2-3-6-16(15)24-20/h2-3,5-6,11,13,18H,4,7-10H2,1H3,(H,23,24)/t18-/m1/s1. The fraction of sp³-hybridized carbons (Fsp3) is 0.364. The zero-order chi connectivity index (χ0) is 19.5. The number of rotatable bonds is 3. The van der Waals surface area contributed by atoms with Crippen LogP contribution < -0.4 is 0 Å². The van der Waals surface area contributed by atoms with E-state index in [0.29, 0.717) is 29.4 Å². The molecule has 4 aromatic rings. The molecule has 1 aliphatic carbocycles. The Balaban J connectivity index is 1.43. The van der Waals surface area contributed by atoms with E-state index in [4.69, 9.17) is 9.51 Å². The molecule has 1 N–H and O–H groups in total. The summed E-state index contributed by atoms with van der Waals surface area (Å²) < 4.78 is 5.42. The number of benzene rings is 1. The number of fused-ring (bicyclic) bond motifs is 2. The molecule has 1 aromatic carbocycles. The van der Waals surface area contributed by atoms with Gasteiger partial charge in [-0.1, -0.05) is 17.3 Å². The van der Waals surface area contributed by atoms with Crippen molar-refractivity contribution in [2.45, 2.75) is 44.6 Å². The molecule has 1 saturated heterocycles. The van der Waals surface area contributed by atoms with Gasteiger partial charge < -0.3 is 14.4 Å². The first kappa shape index (κ1) is 16.7. The summed E-state index contributed by atoms with van der Waals surface area (Å²) in [4.78, 5) is 28.4. The van der Waals surface area contributed by atoms with Gasteiger partial charge in [0.05, 0.1) is 33.7 Å². The van der Waals surface area contributed by atoms with E-state index in [1.807, 2.05) is 42.2 Å². The predicted molar refractivity (Wildman–Crippen MR) is 108 cm³/mol. The van der Waals surface area contributed by atoms with Crippen LogP contribution in [0.3, 0.4) is 0 Å². The van der Waals surface area contributed by atoms with Crippen molar-refractivity contribution in [1.29, 1.82) is 0 Å². The number of hydrogen-bond acceptors (Lipinski definition) is 5. The Kier molecular flexibility index (Phi) is 3.54. The Bertz CT molecular complexity index is 1220. The number of nitrogens with zero attached hydrogens (tertiary/aromatic N) is 4. The number of hydrogen-bond donors (Lipinski definition) is 1. The summed E-state index contributed by atoms with van der Waals surface area (Å²) in [6.07, 6.45) is 4.09. The molecule has 2 aliphatic rings. The largest absolute Gasteiger partial charge is 0.340 e. The summed E-state index contributed by atoms with van der Waals surface area (Å²) >= 11 is 0. The molecular weight excluding hydrogens is 366 g/mol. The van der Waals surface area contributed by atoms with Crippen LogP contribution >= 0.6 is 0 Å². The van der Waals surface area contributed by atoms with E-state index in [1.165, 1.54) is 0 Å². The number of aromatic nitrogens is 4. The van der Waals surface area contributed by atoms with Gasteiger partial charge in [0.1, 0.15) is 5.82 Å². The molecule has 7 heteroatoms. The molecule has 3 aromatic heterocycles. The van der Waals surface area contributed by atoms with E-state index in [0.717, 1.165) is 53.6 Å². The summed E-state index contributed by atoms with van der Waals surface area (Å²) in [7, 11) is 0. The average Bonchev–Trinajstić information content (AvgIpc) is 3.15. The summed E-state index contributed by atoms with van der Waals surface area (Å²) in [5.74, 6) is 1.29. The van der Waals surface area contributed by atoms with Gasteiger partial charge in [-0.15, -0.1) is 0 Å². The van der Waals surface area contributed by atoms with Crippen molar-refractivity contribution in [3.63, 3.8) is 0 Å². The lowest BCUT2D eigenvalue weighted by molar-refractivity contribution is 0.0732. The summed E-state index contributed by atoms with van der Waals surface area (Å²) in [5.41, 5.74) is 4.69. The normalized spacial score (nSPS) is 19.5. The molecule has 2 fully saturated rings. The first-order valence-electron chi connectivity index (χ1n) is 10.2. The zero-order valence-electron chi connectivity index (χ0n) is 16.2. The molecule has 0 bridgehead atoms. The van der Waals surface area contributed by atoms with Gasteiger partial charge in [-0.05, 0) is 50.8 Å². The van der Waals surface area contributed by atoms with E-state index >= 15 is 0 Å². The van der Waals surface area contributed by atoms with Crippen LogP contribution in [-0.2, 0) is 0 Å². The first-order valence-corrected chi connectivity index (χ1v) is 10.2. The Morgan fingerprint density at radius 3 is 2.90 bits per heavy atom. The van der Waals surface area contributed by atoms with Gasteiger partial charge in [0.2, 0.25) is 0 Å². The van der Waals surface area contributed by atoms with Gasteiger partial charge >= 0.3 is 0 Å². The maximum Gasteiger partial charge on any atom is 0.259 e. The topological polar surface area (TPSA) is 87.9 Å². The van der Waals surface area contributed by atoms with Crippen LogP contribution in [0.4, 0.5) is 0 Å². The summed E-state index contributed by atoms with van der Waals surface area (Å²) in [5, 5.41) is 4.80. The predicted octanol–water partition coefficient (Wildman–Crippen LogP) is 4.26. The van der Waals surface area contributed by atoms with Gasteiger partial charge in [-0.2, -0.15) is 0 Å². The van der Waals surface area contributed by atoms with Crippen LogP contribution in [0.1, 0.15) is 65.2 Å². The monoisotopic (exact) mass is 387 g/mol. The smallest absolute Gasteiger partial charge is 0.259 e. The molecule has 7 nitrogen and oxygen atoms in total. The highest BCUT2D eigenvalue weighted by Crippen LogP contribution is 2.41. The third-order valence-electron chi connectivity index (χ3n) is 6.10. The number of carbonyl (C=O) groups excluding carboxylic acids is 1. The maximum absolute atomic E-state index is 13.7.